The first kappa shape index (κ1) is 53.7. The Hall–Kier alpha value is -6.65. The third kappa shape index (κ3) is 8.28. The molecule has 0 bridgehead atoms. The van der Waals surface area contributed by atoms with Crippen LogP contribution in [0, 0.1) is 11.2 Å². The average molecular weight is 1070 g/mol. The molecule has 1 saturated carbocycles. The maximum atomic E-state index is 15.7. The lowest BCUT2D eigenvalue weighted by atomic mass is 9.33. The highest BCUT2D eigenvalue weighted by Gasteiger charge is 2.59. The van der Waals surface area contributed by atoms with E-state index in [1.165, 1.54) is 124 Å². The summed E-state index contributed by atoms with van der Waals surface area (Å²) in [5.74, 6) is -0.0360. The summed E-state index contributed by atoms with van der Waals surface area (Å²) in [4.78, 5) is 5.42. The van der Waals surface area contributed by atoms with Crippen LogP contribution in [0.15, 0.2) is 158 Å². The molecule has 0 spiro atoms. The van der Waals surface area contributed by atoms with Gasteiger partial charge in [0.2, 0.25) is 0 Å². The lowest BCUT2D eigenvalue weighted by Crippen LogP contribution is -2.62. The highest BCUT2D eigenvalue weighted by Crippen LogP contribution is 2.67. The van der Waals surface area contributed by atoms with Gasteiger partial charge in [-0.25, -0.2) is 4.39 Å². The number of nitrogens with zero attached hydrogens (tertiary/aromatic N) is 2. The Labute approximate surface area is 485 Å². The van der Waals surface area contributed by atoms with Crippen molar-refractivity contribution in [1.29, 1.82) is 0 Å². The number of halogens is 1. The molecule has 3 unspecified atom stereocenters. The molecule has 0 saturated heterocycles. The van der Waals surface area contributed by atoms with E-state index in [1.54, 1.807) is 6.07 Å². The van der Waals surface area contributed by atoms with Crippen LogP contribution < -0.4 is 26.2 Å². The van der Waals surface area contributed by atoms with E-state index in [-0.39, 0.29) is 56.4 Å². The molecule has 0 amide bonds. The van der Waals surface area contributed by atoms with Crippen molar-refractivity contribution in [3.8, 4) is 22.3 Å². The van der Waals surface area contributed by atoms with Gasteiger partial charge in [-0.2, -0.15) is 0 Å². The van der Waals surface area contributed by atoms with Crippen molar-refractivity contribution in [3.63, 3.8) is 0 Å². The molecule has 3 atom stereocenters. The lowest BCUT2D eigenvalue weighted by molar-refractivity contribution is 0.0922. The van der Waals surface area contributed by atoms with Crippen molar-refractivity contribution in [3.05, 3.63) is 208 Å². The van der Waals surface area contributed by atoms with Crippen molar-refractivity contribution in [1.82, 2.24) is 0 Å². The minimum atomic E-state index is -0.206. The largest absolute Gasteiger partial charge is 0.311 e. The number of anilines is 6. The molecular formula is C77H84BFN2. The molecule has 412 valence electrons. The fraction of sp³-hybridized carbons (Fsp3) is 0.377. The van der Waals surface area contributed by atoms with Gasteiger partial charge in [-0.15, -0.1) is 0 Å². The van der Waals surface area contributed by atoms with Crippen LogP contribution in [0.25, 0.3) is 22.3 Å². The van der Waals surface area contributed by atoms with Crippen LogP contribution in [0.2, 0.25) is 0 Å². The highest BCUT2D eigenvalue weighted by atomic mass is 19.1. The zero-order valence-electron chi connectivity index (χ0n) is 51.2. The molecule has 4 heteroatoms. The summed E-state index contributed by atoms with van der Waals surface area (Å²) in [6, 6.07) is 60.9. The summed E-state index contributed by atoms with van der Waals surface area (Å²) in [5, 5.41) is 0. The summed E-state index contributed by atoms with van der Waals surface area (Å²) in [6.07, 6.45) is 6.78. The second-order valence-electron chi connectivity index (χ2n) is 30.1. The molecule has 8 aromatic rings. The third-order valence-electron chi connectivity index (χ3n) is 21.1. The summed E-state index contributed by atoms with van der Waals surface area (Å²) >= 11 is 0. The van der Waals surface area contributed by atoms with E-state index in [4.69, 9.17) is 0 Å². The topological polar surface area (TPSA) is 6.48 Å². The number of rotatable bonds is 5. The zero-order chi connectivity index (χ0) is 57.1. The Morgan fingerprint density at radius 1 is 0.432 bits per heavy atom. The van der Waals surface area contributed by atoms with Crippen LogP contribution in [0.5, 0.6) is 0 Å². The van der Waals surface area contributed by atoms with Gasteiger partial charge in [0, 0.05) is 39.8 Å². The van der Waals surface area contributed by atoms with Crippen LogP contribution >= 0.6 is 0 Å². The first-order chi connectivity index (χ1) is 38.2. The fourth-order valence-corrected chi connectivity index (χ4v) is 15.9. The van der Waals surface area contributed by atoms with Gasteiger partial charge in [-0.1, -0.05) is 214 Å². The smallest absolute Gasteiger partial charge is 0.252 e. The summed E-state index contributed by atoms with van der Waals surface area (Å²) in [6.45, 7) is 36.1. The first-order valence-electron chi connectivity index (χ1n) is 30.5. The van der Waals surface area contributed by atoms with Crippen LogP contribution in [-0.4, -0.2) is 6.71 Å². The van der Waals surface area contributed by atoms with Gasteiger partial charge in [-0.3, -0.25) is 0 Å². The van der Waals surface area contributed by atoms with Crippen molar-refractivity contribution in [2.24, 2.45) is 5.41 Å². The van der Waals surface area contributed by atoms with Crippen LogP contribution in [0.1, 0.15) is 193 Å². The second-order valence-corrected chi connectivity index (χ2v) is 30.1. The maximum Gasteiger partial charge on any atom is 0.252 e. The van der Waals surface area contributed by atoms with Crippen LogP contribution in [-0.2, 0) is 32.5 Å². The summed E-state index contributed by atoms with van der Waals surface area (Å²) < 4.78 is 15.7. The lowest BCUT2D eigenvalue weighted by Gasteiger charge is -2.50. The standard InChI is InChI=1S/C77H84BFN2/c1-71(2,3)51-29-34-63(56(41-51)48-24-18-16-19-25-48)80-65-40-50(69-55-32-31-54(79)45-58(55)76(14)36-22-23-37-77(69,76)15)28-33-61(65)78-62-46-59-60(75(12,13)39-38-74(59,10)11)47-66(62)81(68-44-53(73(7,8)9)43-67(80)70(68)78)64-35-30-52(72(4,5)6)42-57(64)49-26-20-17-21-27-49/h16-21,24-35,40-47,69H,22-23,36-39H2,1-15H3. The Morgan fingerprint density at radius 2 is 0.938 bits per heavy atom. The van der Waals surface area contributed by atoms with Gasteiger partial charge < -0.3 is 9.80 Å². The van der Waals surface area contributed by atoms with E-state index in [2.05, 4.69) is 259 Å². The Morgan fingerprint density at radius 3 is 1.47 bits per heavy atom. The Balaban J connectivity index is 1.18. The maximum absolute atomic E-state index is 15.7. The fourth-order valence-electron chi connectivity index (χ4n) is 15.9. The van der Waals surface area contributed by atoms with Crippen molar-refractivity contribution < 1.29 is 4.39 Å². The highest BCUT2D eigenvalue weighted by molar-refractivity contribution is 7.00. The van der Waals surface area contributed by atoms with E-state index in [0.717, 1.165) is 32.1 Å². The summed E-state index contributed by atoms with van der Waals surface area (Å²) in [5.41, 5.74) is 26.3. The minimum Gasteiger partial charge on any atom is -0.311 e. The Bertz CT molecular complexity index is 3850. The van der Waals surface area contributed by atoms with E-state index < -0.39 is 0 Å². The molecule has 1 fully saturated rings. The van der Waals surface area contributed by atoms with Crippen molar-refractivity contribution >= 4 is 57.2 Å². The Kier molecular flexibility index (Phi) is 12.0. The molecule has 8 aromatic carbocycles. The van der Waals surface area contributed by atoms with Gasteiger partial charge in [0.1, 0.15) is 5.82 Å². The van der Waals surface area contributed by atoms with E-state index in [1.807, 2.05) is 6.07 Å². The number of hydrogen-bond acceptors (Lipinski definition) is 2. The molecule has 2 heterocycles. The quantitative estimate of drug-likeness (QED) is 0.159. The molecular weight excluding hydrogens is 983 g/mol. The van der Waals surface area contributed by atoms with Gasteiger partial charge in [0.15, 0.2) is 0 Å². The van der Waals surface area contributed by atoms with Crippen molar-refractivity contribution in [2.45, 2.75) is 181 Å². The number of fused-ring (bicyclic) bond motifs is 8. The molecule has 0 radical (unpaired) electrons. The van der Waals surface area contributed by atoms with E-state index in [0.29, 0.717) is 0 Å². The predicted molar refractivity (Wildman–Crippen MR) is 345 cm³/mol. The van der Waals surface area contributed by atoms with E-state index >= 15 is 4.39 Å². The predicted octanol–water partition coefficient (Wildman–Crippen LogP) is 19.5. The first-order valence-corrected chi connectivity index (χ1v) is 30.5. The van der Waals surface area contributed by atoms with Crippen LogP contribution in [0.4, 0.5) is 38.5 Å². The van der Waals surface area contributed by atoms with E-state index in [9.17, 15) is 0 Å². The molecule has 81 heavy (non-hydrogen) atoms. The number of hydrogen-bond donors (Lipinski definition) is 0. The molecule has 0 aromatic heterocycles. The monoisotopic (exact) mass is 1070 g/mol. The molecule has 2 nitrogen and oxygen atoms in total. The SMILES string of the molecule is CC(C)(C)c1ccc(N2c3cc(C4c5ccc(F)cc5C5(C)CCCCC45C)ccc3B3c4cc5c(cc4N(c4ccc(C(C)(C)C)cc4-c4ccccc4)c4cc(C(C)(C)C)cc2c43)C(C)(C)CCC5(C)C)c(-c2ccccc2)c1. The number of benzene rings is 8. The van der Waals surface area contributed by atoms with Crippen LogP contribution in [0.3, 0.4) is 0 Å². The van der Waals surface area contributed by atoms with Gasteiger partial charge >= 0.3 is 0 Å². The molecule has 13 rings (SSSR count). The molecule has 2 aliphatic heterocycles. The normalized spacial score (nSPS) is 21.4. The summed E-state index contributed by atoms with van der Waals surface area (Å²) in [7, 11) is 0. The minimum absolute atomic E-state index is 0.0162. The second kappa shape index (κ2) is 18.2. The van der Waals surface area contributed by atoms with Gasteiger partial charge in [0.25, 0.3) is 6.71 Å². The average Bonchev–Trinajstić information content (AvgIpc) is 3.67. The molecule has 0 N–H and O–H groups in total. The zero-order valence-corrected chi connectivity index (χ0v) is 51.2. The molecule has 5 aliphatic rings. The third-order valence-corrected chi connectivity index (χ3v) is 21.1. The molecule has 3 aliphatic carbocycles. The van der Waals surface area contributed by atoms with Gasteiger partial charge in [0.05, 0.1) is 11.4 Å². The van der Waals surface area contributed by atoms with Crippen molar-refractivity contribution in [2.75, 3.05) is 9.80 Å². The van der Waals surface area contributed by atoms with Gasteiger partial charge in [-0.05, 0) is 196 Å².